The molecule has 102 valence electrons. The Morgan fingerprint density at radius 3 is 2.28 bits per heavy atom. The molecule has 1 aromatic carbocycles. The molecule has 3 heteroatoms. The minimum atomic E-state index is 0.183. The molecule has 1 unspecified atom stereocenters. The van der Waals surface area contributed by atoms with Crippen LogP contribution < -0.4 is 5.32 Å². The van der Waals surface area contributed by atoms with E-state index in [0.717, 1.165) is 12.3 Å². The number of aliphatic hydroxyl groups is 1. The second-order valence-electron chi connectivity index (χ2n) is 5.52. The van der Waals surface area contributed by atoms with Gasteiger partial charge < -0.3 is 10.4 Å². The number of likely N-dealkylation sites (N-methyl/N-ethyl adjacent to an activating group) is 1. The lowest BCUT2D eigenvalue weighted by molar-refractivity contribution is 0.255. The van der Waals surface area contributed by atoms with Gasteiger partial charge in [-0.15, -0.1) is 11.8 Å². The molecule has 0 aliphatic carbocycles. The van der Waals surface area contributed by atoms with Crippen molar-refractivity contribution in [2.24, 2.45) is 0 Å². The van der Waals surface area contributed by atoms with Crippen molar-refractivity contribution in [3.8, 4) is 0 Å². The second-order valence-corrected chi connectivity index (χ2v) is 6.62. The van der Waals surface area contributed by atoms with Crippen molar-refractivity contribution in [3.05, 3.63) is 29.8 Å². The summed E-state index contributed by atoms with van der Waals surface area (Å²) in [6.07, 6.45) is 0. The molecule has 1 aromatic rings. The molecule has 0 heterocycles. The van der Waals surface area contributed by atoms with E-state index < -0.39 is 0 Å². The molecule has 0 bridgehead atoms. The Morgan fingerprint density at radius 1 is 1.22 bits per heavy atom. The maximum absolute atomic E-state index is 9.21. The first-order valence-electron chi connectivity index (χ1n) is 6.55. The highest BCUT2D eigenvalue weighted by molar-refractivity contribution is 7.99. The molecule has 2 nitrogen and oxygen atoms in total. The highest BCUT2D eigenvalue weighted by Gasteiger charge is 2.13. The fourth-order valence-corrected chi connectivity index (χ4v) is 2.66. The third-order valence-electron chi connectivity index (χ3n) is 2.88. The molecule has 0 saturated carbocycles. The van der Waals surface area contributed by atoms with Crippen LogP contribution in [0.5, 0.6) is 0 Å². The third-order valence-corrected chi connectivity index (χ3v) is 4.06. The van der Waals surface area contributed by atoms with Gasteiger partial charge in [0.15, 0.2) is 0 Å². The van der Waals surface area contributed by atoms with Crippen LogP contribution in [0, 0.1) is 0 Å². The SMILES string of the molecule is CCNC(CO)CSc1ccc(C(C)(C)C)cc1. The summed E-state index contributed by atoms with van der Waals surface area (Å²) >= 11 is 1.79. The number of hydrogen-bond acceptors (Lipinski definition) is 3. The van der Waals surface area contributed by atoms with Gasteiger partial charge in [-0.3, -0.25) is 0 Å². The molecule has 0 saturated heterocycles. The van der Waals surface area contributed by atoms with Crippen molar-refractivity contribution < 1.29 is 5.11 Å². The van der Waals surface area contributed by atoms with Crippen molar-refractivity contribution in [3.63, 3.8) is 0 Å². The van der Waals surface area contributed by atoms with Crippen molar-refractivity contribution >= 4 is 11.8 Å². The van der Waals surface area contributed by atoms with Gasteiger partial charge >= 0.3 is 0 Å². The Bertz CT molecular complexity index is 343. The monoisotopic (exact) mass is 267 g/mol. The molecule has 0 radical (unpaired) electrons. The van der Waals surface area contributed by atoms with E-state index in [1.165, 1.54) is 10.5 Å². The third kappa shape index (κ3) is 5.01. The average molecular weight is 267 g/mol. The molecule has 18 heavy (non-hydrogen) atoms. The maximum Gasteiger partial charge on any atom is 0.0592 e. The molecule has 0 spiro atoms. The standard InChI is InChI=1S/C15H25NOS/c1-5-16-13(10-17)11-18-14-8-6-12(7-9-14)15(2,3)4/h6-9,13,16-17H,5,10-11H2,1-4H3. The Labute approximate surface area is 115 Å². The van der Waals surface area contributed by atoms with Gasteiger partial charge in [0, 0.05) is 16.7 Å². The van der Waals surface area contributed by atoms with Crippen LogP contribution in [0.1, 0.15) is 33.3 Å². The molecule has 0 aliphatic rings. The van der Waals surface area contributed by atoms with Crippen molar-refractivity contribution in [2.45, 2.75) is 44.0 Å². The van der Waals surface area contributed by atoms with E-state index in [1.54, 1.807) is 11.8 Å². The summed E-state index contributed by atoms with van der Waals surface area (Å²) in [4.78, 5) is 1.26. The van der Waals surface area contributed by atoms with Gasteiger partial charge in [0.1, 0.15) is 0 Å². The summed E-state index contributed by atoms with van der Waals surface area (Å²) in [7, 11) is 0. The zero-order valence-corrected chi connectivity index (χ0v) is 12.7. The molecule has 0 aromatic heterocycles. The van der Waals surface area contributed by atoms with Gasteiger partial charge in [-0.25, -0.2) is 0 Å². The van der Waals surface area contributed by atoms with Gasteiger partial charge in [-0.05, 0) is 29.7 Å². The first-order valence-corrected chi connectivity index (χ1v) is 7.53. The van der Waals surface area contributed by atoms with Crippen LogP contribution in [0.2, 0.25) is 0 Å². The highest BCUT2D eigenvalue weighted by atomic mass is 32.2. The maximum atomic E-state index is 9.21. The Hall–Kier alpha value is -0.510. The average Bonchev–Trinajstić information content (AvgIpc) is 2.34. The van der Waals surface area contributed by atoms with Crippen LogP contribution in [0.3, 0.4) is 0 Å². The summed E-state index contributed by atoms with van der Waals surface area (Å²) in [5.74, 6) is 0.902. The van der Waals surface area contributed by atoms with Crippen LogP contribution in [-0.2, 0) is 5.41 Å². The predicted molar refractivity (Wildman–Crippen MR) is 80.4 cm³/mol. The van der Waals surface area contributed by atoms with E-state index in [0.29, 0.717) is 0 Å². The van der Waals surface area contributed by atoms with Gasteiger partial charge in [0.25, 0.3) is 0 Å². The summed E-state index contributed by atoms with van der Waals surface area (Å²) in [5.41, 5.74) is 1.57. The highest BCUT2D eigenvalue weighted by Crippen LogP contribution is 2.25. The number of rotatable bonds is 6. The normalized spacial score (nSPS) is 13.6. The summed E-state index contributed by atoms with van der Waals surface area (Å²) in [6, 6.07) is 8.92. The second kappa shape index (κ2) is 7.17. The first-order chi connectivity index (χ1) is 8.47. The van der Waals surface area contributed by atoms with Crippen molar-refractivity contribution in [1.29, 1.82) is 0 Å². The van der Waals surface area contributed by atoms with Crippen LogP contribution in [0.4, 0.5) is 0 Å². The lowest BCUT2D eigenvalue weighted by Gasteiger charge is -2.19. The summed E-state index contributed by atoms with van der Waals surface area (Å²) in [5, 5.41) is 12.5. The number of hydrogen-bond donors (Lipinski definition) is 2. The smallest absolute Gasteiger partial charge is 0.0592 e. The Balaban J connectivity index is 2.53. The quantitative estimate of drug-likeness (QED) is 0.777. The lowest BCUT2D eigenvalue weighted by atomic mass is 9.87. The molecular formula is C15H25NOS. The molecule has 0 fully saturated rings. The van der Waals surface area contributed by atoms with Crippen LogP contribution in [0.15, 0.2) is 29.2 Å². The Kier molecular flexibility index (Phi) is 6.19. The zero-order valence-electron chi connectivity index (χ0n) is 11.9. The van der Waals surface area contributed by atoms with E-state index in [1.807, 2.05) is 0 Å². The van der Waals surface area contributed by atoms with Gasteiger partial charge in [0.2, 0.25) is 0 Å². The number of nitrogens with one attached hydrogen (secondary N) is 1. The van der Waals surface area contributed by atoms with E-state index in [-0.39, 0.29) is 18.1 Å². The van der Waals surface area contributed by atoms with E-state index in [4.69, 9.17) is 0 Å². The fourth-order valence-electron chi connectivity index (χ4n) is 1.71. The zero-order chi connectivity index (χ0) is 13.6. The number of thioether (sulfide) groups is 1. The van der Waals surface area contributed by atoms with Crippen molar-refractivity contribution in [1.82, 2.24) is 5.32 Å². The number of benzene rings is 1. The topological polar surface area (TPSA) is 32.3 Å². The first kappa shape index (κ1) is 15.5. The van der Waals surface area contributed by atoms with Crippen LogP contribution >= 0.6 is 11.8 Å². The molecule has 2 N–H and O–H groups in total. The minimum Gasteiger partial charge on any atom is -0.395 e. The van der Waals surface area contributed by atoms with Gasteiger partial charge in [0.05, 0.1) is 6.61 Å². The summed E-state index contributed by atoms with van der Waals surface area (Å²) in [6.45, 7) is 9.83. The van der Waals surface area contributed by atoms with Gasteiger partial charge in [-0.1, -0.05) is 39.8 Å². The van der Waals surface area contributed by atoms with Crippen molar-refractivity contribution in [2.75, 3.05) is 18.9 Å². The van der Waals surface area contributed by atoms with E-state index in [9.17, 15) is 5.11 Å². The molecule has 1 atom stereocenters. The lowest BCUT2D eigenvalue weighted by Crippen LogP contribution is -2.34. The molecule has 0 amide bonds. The Morgan fingerprint density at radius 2 is 1.83 bits per heavy atom. The van der Waals surface area contributed by atoms with Gasteiger partial charge in [-0.2, -0.15) is 0 Å². The van der Waals surface area contributed by atoms with E-state index in [2.05, 4.69) is 57.3 Å². The molecule has 0 aliphatic heterocycles. The van der Waals surface area contributed by atoms with Crippen LogP contribution in [0.25, 0.3) is 0 Å². The number of aliphatic hydroxyl groups excluding tert-OH is 1. The minimum absolute atomic E-state index is 0.183. The fraction of sp³-hybridized carbons (Fsp3) is 0.600. The largest absolute Gasteiger partial charge is 0.395 e. The molecule has 1 rings (SSSR count). The predicted octanol–water partition coefficient (Wildman–Crippen LogP) is 3.05. The van der Waals surface area contributed by atoms with Crippen LogP contribution in [-0.4, -0.2) is 30.1 Å². The summed E-state index contributed by atoms with van der Waals surface area (Å²) < 4.78 is 0. The molecular weight excluding hydrogens is 242 g/mol. The van der Waals surface area contributed by atoms with E-state index >= 15 is 0 Å².